The molecule has 0 radical (unpaired) electrons. The Hall–Kier alpha value is -1.07. The second kappa shape index (κ2) is 6.59. The van der Waals surface area contributed by atoms with E-state index in [1.165, 1.54) is 6.92 Å². The molecule has 1 aliphatic heterocycles. The zero-order chi connectivity index (χ0) is 14.7. The Bertz CT molecular complexity index is 516. The van der Waals surface area contributed by atoms with Crippen LogP contribution in [0.1, 0.15) is 30.1 Å². The minimum Gasteiger partial charge on any atom is -0.352 e. The number of rotatable bonds is 2. The molecule has 1 aromatic carbocycles. The summed E-state index contributed by atoms with van der Waals surface area (Å²) in [5.74, 6) is -0.113. The quantitative estimate of drug-likeness (QED) is 0.883. The monoisotopic (exact) mass is 358 g/mol. The van der Waals surface area contributed by atoms with Crippen LogP contribution < -0.4 is 5.32 Å². The van der Waals surface area contributed by atoms with Crippen LogP contribution in [0.15, 0.2) is 22.7 Å². The molecule has 2 rings (SSSR count). The van der Waals surface area contributed by atoms with Crippen molar-refractivity contribution in [2.24, 2.45) is 0 Å². The SMILES string of the molecule is CC(=O)NC1CCCN(C(=O)c2cc(Cl)cc(Br)c2)C1. The molecule has 1 fully saturated rings. The van der Waals surface area contributed by atoms with Gasteiger partial charge in [-0.25, -0.2) is 0 Å². The Morgan fingerprint density at radius 1 is 1.40 bits per heavy atom. The van der Waals surface area contributed by atoms with Gasteiger partial charge in [-0.3, -0.25) is 9.59 Å². The molecule has 1 heterocycles. The largest absolute Gasteiger partial charge is 0.352 e. The van der Waals surface area contributed by atoms with E-state index in [0.29, 0.717) is 23.7 Å². The van der Waals surface area contributed by atoms with Gasteiger partial charge in [0.1, 0.15) is 0 Å². The molecular weight excluding hydrogens is 344 g/mol. The van der Waals surface area contributed by atoms with Crippen molar-refractivity contribution in [2.45, 2.75) is 25.8 Å². The van der Waals surface area contributed by atoms with Gasteiger partial charge < -0.3 is 10.2 Å². The highest BCUT2D eigenvalue weighted by Gasteiger charge is 2.25. The summed E-state index contributed by atoms with van der Waals surface area (Å²) in [6, 6.07) is 5.20. The third kappa shape index (κ3) is 3.96. The maximum Gasteiger partial charge on any atom is 0.254 e. The van der Waals surface area contributed by atoms with Crippen LogP contribution >= 0.6 is 27.5 Å². The molecule has 1 unspecified atom stereocenters. The van der Waals surface area contributed by atoms with Gasteiger partial charge >= 0.3 is 0 Å². The number of carbonyl (C=O) groups is 2. The Morgan fingerprint density at radius 3 is 2.80 bits per heavy atom. The number of amides is 2. The lowest BCUT2D eigenvalue weighted by atomic mass is 10.0. The van der Waals surface area contributed by atoms with Gasteiger partial charge in [0, 0.05) is 41.1 Å². The van der Waals surface area contributed by atoms with Crippen molar-refractivity contribution < 1.29 is 9.59 Å². The van der Waals surface area contributed by atoms with E-state index in [-0.39, 0.29) is 17.9 Å². The highest BCUT2D eigenvalue weighted by Crippen LogP contribution is 2.22. The molecule has 2 amide bonds. The van der Waals surface area contributed by atoms with Gasteiger partial charge in [0.15, 0.2) is 0 Å². The molecule has 20 heavy (non-hydrogen) atoms. The Balaban J connectivity index is 2.10. The molecule has 0 spiro atoms. The van der Waals surface area contributed by atoms with Gasteiger partial charge in [0.2, 0.25) is 5.91 Å². The number of nitrogens with one attached hydrogen (secondary N) is 1. The van der Waals surface area contributed by atoms with Crippen molar-refractivity contribution in [1.82, 2.24) is 10.2 Å². The van der Waals surface area contributed by atoms with Gasteiger partial charge in [-0.05, 0) is 31.0 Å². The summed E-state index contributed by atoms with van der Waals surface area (Å²) in [6.45, 7) is 2.75. The lowest BCUT2D eigenvalue weighted by molar-refractivity contribution is -0.120. The van der Waals surface area contributed by atoms with Crippen LogP contribution in [0.5, 0.6) is 0 Å². The van der Waals surface area contributed by atoms with Crippen LogP contribution in [0.2, 0.25) is 5.02 Å². The first kappa shape index (κ1) is 15.3. The van der Waals surface area contributed by atoms with Crippen LogP contribution in [0.3, 0.4) is 0 Å². The summed E-state index contributed by atoms with van der Waals surface area (Å²) in [4.78, 5) is 25.3. The fraction of sp³-hybridized carbons (Fsp3) is 0.429. The zero-order valence-electron chi connectivity index (χ0n) is 11.2. The topological polar surface area (TPSA) is 49.4 Å². The normalized spacial score (nSPS) is 18.8. The first-order chi connectivity index (χ1) is 9.45. The molecule has 4 nitrogen and oxygen atoms in total. The number of likely N-dealkylation sites (tertiary alicyclic amines) is 1. The molecule has 0 aliphatic carbocycles. The molecular formula is C14H16BrClN2O2. The van der Waals surface area contributed by atoms with Gasteiger partial charge in [0.05, 0.1) is 0 Å². The summed E-state index contributed by atoms with van der Waals surface area (Å²) in [5, 5.41) is 3.40. The van der Waals surface area contributed by atoms with Crippen molar-refractivity contribution in [3.05, 3.63) is 33.3 Å². The molecule has 6 heteroatoms. The van der Waals surface area contributed by atoms with Gasteiger partial charge in [-0.15, -0.1) is 0 Å². The van der Waals surface area contributed by atoms with Crippen LogP contribution in [0, 0.1) is 0 Å². The summed E-state index contributed by atoms with van der Waals surface area (Å²) in [7, 11) is 0. The second-order valence-electron chi connectivity index (χ2n) is 4.95. The minimum absolute atomic E-state index is 0.0350. The third-order valence-electron chi connectivity index (χ3n) is 3.23. The molecule has 0 aromatic heterocycles. The van der Waals surface area contributed by atoms with E-state index in [1.807, 2.05) is 0 Å². The molecule has 1 atom stereocenters. The predicted octanol–water partition coefficient (Wildman–Crippen LogP) is 2.84. The summed E-state index contributed by atoms with van der Waals surface area (Å²) < 4.78 is 0.781. The highest BCUT2D eigenvalue weighted by atomic mass is 79.9. The number of hydrogen-bond acceptors (Lipinski definition) is 2. The zero-order valence-corrected chi connectivity index (χ0v) is 13.5. The Labute approximate surface area is 131 Å². The molecule has 0 bridgehead atoms. The van der Waals surface area contributed by atoms with E-state index in [4.69, 9.17) is 11.6 Å². The molecule has 1 aliphatic rings. The lowest BCUT2D eigenvalue weighted by Crippen LogP contribution is -2.49. The number of halogens is 2. The average Bonchev–Trinajstić information content (AvgIpc) is 2.36. The van der Waals surface area contributed by atoms with Crippen LogP contribution in [-0.4, -0.2) is 35.8 Å². The summed E-state index contributed by atoms with van der Waals surface area (Å²) in [6.07, 6.45) is 1.79. The minimum atomic E-state index is -0.0604. The van der Waals surface area contributed by atoms with Crippen molar-refractivity contribution in [1.29, 1.82) is 0 Å². The van der Waals surface area contributed by atoms with E-state index >= 15 is 0 Å². The maximum absolute atomic E-state index is 12.5. The number of nitrogens with zero attached hydrogens (tertiary/aromatic N) is 1. The molecule has 1 N–H and O–H groups in total. The van der Waals surface area contributed by atoms with E-state index in [1.54, 1.807) is 23.1 Å². The number of hydrogen-bond donors (Lipinski definition) is 1. The standard InChI is InChI=1S/C14H16BrClN2O2/c1-9(19)17-13-3-2-4-18(8-13)14(20)10-5-11(15)7-12(16)6-10/h5-7,13H,2-4,8H2,1H3,(H,17,19). The van der Waals surface area contributed by atoms with E-state index < -0.39 is 0 Å². The number of benzene rings is 1. The predicted molar refractivity (Wildman–Crippen MR) is 81.9 cm³/mol. The van der Waals surface area contributed by atoms with E-state index in [0.717, 1.165) is 17.3 Å². The smallest absolute Gasteiger partial charge is 0.254 e. The van der Waals surface area contributed by atoms with Crippen molar-refractivity contribution >= 4 is 39.3 Å². The maximum atomic E-state index is 12.5. The highest BCUT2D eigenvalue weighted by molar-refractivity contribution is 9.10. The van der Waals surface area contributed by atoms with Crippen LogP contribution in [0.4, 0.5) is 0 Å². The Kier molecular flexibility index (Phi) is 5.05. The van der Waals surface area contributed by atoms with Gasteiger partial charge in [0.25, 0.3) is 5.91 Å². The van der Waals surface area contributed by atoms with Crippen molar-refractivity contribution in [2.75, 3.05) is 13.1 Å². The molecule has 1 aromatic rings. The fourth-order valence-corrected chi connectivity index (χ4v) is 3.29. The molecule has 0 saturated carbocycles. The van der Waals surface area contributed by atoms with E-state index in [2.05, 4.69) is 21.2 Å². The first-order valence-electron chi connectivity index (χ1n) is 6.48. The number of piperidine rings is 1. The van der Waals surface area contributed by atoms with Gasteiger partial charge in [-0.1, -0.05) is 27.5 Å². The van der Waals surface area contributed by atoms with Gasteiger partial charge in [-0.2, -0.15) is 0 Å². The second-order valence-corrected chi connectivity index (χ2v) is 6.30. The number of carbonyl (C=O) groups excluding carboxylic acids is 2. The molecule has 1 saturated heterocycles. The molecule has 108 valence electrons. The van der Waals surface area contributed by atoms with E-state index in [9.17, 15) is 9.59 Å². The van der Waals surface area contributed by atoms with Crippen molar-refractivity contribution in [3.63, 3.8) is 0 Å². The van der Waals surface area contributed by atoms with Crippen LogP contribution in [0.25, 0.3) is 0 Å². The fourth-order valence-electron chi connectivity index (χ4n) is 2.43. The summed E-state index contributed by atoms with van der Waals surface area (Å²) in [5.41, 5.74) is 0.563. The first-order valence-corrected chi connectivity index (χ1v) is 7.65. The van der Waals surface area contributed by atoms with Crippen molar-refractivity contribution in [3.8, 4) is 0 Å². The Morgan fingerprint density at radius 2 is 2.15 bits per heavy atom. The van der Waals surface area contributed by atoms with Crippen LogP contribution in [-0.2, 0) is 4.79 Å². The summed E-state index contributed by atoms with van der Waals surface area (Å²) >= 11 is 9.31. The average molecular weight is 360 g/mol. The lowest BCUT2D eigenvalue weighted by Gasteiger charge is -2.33. The third-order valence-corrected chi connectivity index (χ3v) is 3.90.